The van der Waals surface area contributed by atoms with E-state index in [9.17, 15) is 14.9 Å². The Kier molecular flexibility index (Phi) is 2.89. The SMILES string of the molecule is CCC1=CC2[C@H](C1)C[C@]2(C#N)C(C(=O)O)C(=O)O. The molecule has 5 heteroatoms. The number of fused-ring (bicyclic) bond motifs is 1. The van der Waals surface area contributed by atoms with E-state index >= 15 is 0 Å². The van der Waals surface area contributed by atoms with Gasteiger partial charge in [0, 0.05) is 5.92 Å². The van der Waals surface area contributed by atoms with Gasteiger partial charge in [0.2, 0.25) is 0 Å². The molecule has 18 heavy (non-hydrogen) atoms. The Morgan fingerprint density at radius 2 is 2.17 bits per heavy atom. The number of aliphatic carboxylic acids is 2. The molecule has 2 rings (SSSR count). The number of nitrogens with zero attached hydrogens (tertiary/aromatic N) is 1. The lowest BCUT2D eigenvalue weighted by molar-refractivity contribution is -0.166. The van der Waals surface area contributed by atoms with Crippen molar-refractivity contribution in [1.29, 1.82) is 5.26 Å². The van der Waals surface area contributed by atoms with Crippen LogP contribution in [-0.4, -0.2) is 22.2 Å². The molecule has 2 aliphatic carbocycles. The zero-order valence-electron chi connectivity index (χ0n) is 10.1. The fourth-order valence-electron chi connectivity index (χ4n) is 3.40. The van der Waals surface area contributed by atoms with Gasteiger partial charge in [0.05, 0.1) is 11.5 Å². The zero-order chi connectivity index (χ0) is 13.5. The molecule has 0 aromatic carbocycles. The summed E-state index contributed by atoms with van der Waals surface area (Å²) < 4.78 is 0. The standard InChI is InChI=1S/C13H15NO4/c1-2-7-3-8-5-13(6-14,9(8)4-7)10(11(15)16)12(17)18/h4,8-10H,2-3,5H2,1H3,(H,15,16)(H,17,18)/t8-,9?,13-/m1/s1. The van der Waals surface area contributed by atoms with Crippen LogP contribution in [0.15, 0.2) is 11.6 Å². The Morgan fingerprint density at radius 1 is 1.56 bits per heavy atom. The fraction of sp³-hybridized carbons (Fsp3) is 0.615. The number of hydrogen-bond acceptors (Lipinski definition) is 3. The molecular weight excluding hydrogens is 234 g/mol. The van der Waals surface area contributed by atoms with Crippen molar-refractivity contribution in [3.63, 3.8) is 0 Å². The summed E-state index contributed by atoms with van der Waals surface area (Å²) in [7, 11) is 0. The molecule has 3 atom stereocenters. The third-order valence-electron chi connectivity index (χ3n) is 4.31. The number of carboxylic acid groups (broad SMARTS) is 2. The van der Waals surface area contributed by atoms with Gasteiger partial charge in [-0.25, -0.2) is 0 Å². The monoisotopic (exact) mass is 249 g/mol. The van der Waals surface area contributed by atoms with Crippen LogP contribution in [0.3, 0.4) is 0 Å². The van der Waals surface area contributed by atoms with Gasteiger partial charge in [-0.2, -0.15) is 5.26 Å². The van der Waals surface area contributed by atoms with Crippen LogP contribution in [0.4, 0.5) is 0 Å². The number of carboxylic acids is 2. The van der Waals surface area contributed by atoms with Gasteiger partial charge in [0.1, 0.15) is 0 Å². The van der Waals surface area contributed by atoms with Crippen molar-refractivity contribution >= 4 is 11.9 Å². The van der Waals surface area contributed by atoms with Crippen molar-refractivity contribution in [2.24, 2.45) is 23.2 Å². The highest BCUT2D eigenvalue weighted by Gasteiger charge is 2.63. The lowest BCUT2D eigenvalue weighted by atomic mass is 9.50. The van der Waals surface area contributed by atoms with E-state index in [1.807, 2.05) is 19.1 Å². The van der Waals surface area contributed by atoms with Crippen LogP contribution in [0, 0.1) is 34.5 Å². The molecule has 0 saturated heterocycles. The summed E-state index contributed by atoms with van der Waals surface area (Å²) in [6, 6.07) is 1.99. The van der Waals surface area contributed by atoms with Gasteiger partial charge in [0.25, 0.3) is 0 Å². The number of rotatable bonds is 4. The van der Waals surface area contributed by atoms with E-state index < -0.39 is 23.3 Å². The number of carbonyl (C=O) groups is 2. The van der Waals surface area contributed by atoms with E-state index in [4.69, 9.17) is 10.2 Å². The summed E-state index contributed by atoms with van der Waals surface area (Å²) in [5.41, 5.74) is -0.0594. The van der Waals surface area contributed by atoms with Crippen LogP contribution < -0.4 is 0 Å². The van der Waals surface area contributed by atoms with Crippen molar-refractivity contribution in [2.75, 3.05) is 0 Å². The highest BCUT2D eigenvalue weighted by molar-refractivity contribution is 5.94. The average Bonchev–Trinajstić information content (AvgIpc) is 2.62. The first-order chi connectivity index (χ1) is 8.46. The molecule has 0 radical (unpaired) electrons. The lowest BCUT2D eigenvalue weighted by Crippen LogP contribution is -2.54. The molecule has 96 valence electrons. The maximum atomic E-state index is 11.1. The zero-order valence-corrected chi connectivity index (χ0v) is 10.1. The quantitative estimate of drug-likeness (QED) is 0.583. The first-order valence-electron chi connectivity index (χ1n) is 6.02. The maximum Gasteiger partial charge on any atom is 0.319 e. The topological polar surface area (TPSA) is 98.4 Å². The molecule has 1 unspecified atom stereocenters. The van der Waals surface area contributed by atoms with Crippen LogP contribution >= 0.6 is 0 Å². The molecule has 0 heterocycles. The second-order valence-corrected chi connectivity index (χ2v) is 5.13. The summed E-state index contributed by atoms with van der Waals surface area (Å²) in [6.45, 7) is 2.01. The lowest BCUT2D eigenvalue weighted by Gasteiger charge is -2.49. The Balaban J connectivity index is 2.35. The van der Waals surface area contributed by atoms with Gasteiger partial charge in [-0.05, 0) is 25.2 Å². The molecule has 0 aromatic rings. The molecule has 0 bridgehead atoms. The van der Waals surface area contributed by atoms with Gasteiger partial charge in [-0.3, -0.25) is 9.59 Å². The summed E-state index contributed by atoms with van der Waals surface area (Å²) >= 11 is 0. The van der Waals surface area contributed by atoms with E-state index in [0.29, 0.717) is 6.42 Å². The maximum absolute atomic E-state index is 11.1. The number of hydrogen-bond donors (Lipinski definition) is 2. The second kappa shape index (κ2) is 4.13. The van der Waals surface area contributed by atoms with Crippen molar-refractivity contribution in [3.05, 3.63) is 11.6 Å². The first-order valence-corrected chi connectivity index (χ1v) is 6.02. The molecule has 2 N–H and O–H groups in total. The highest BCUT2D eigenvalue weighted by atomic mass is 16.4. The molecular formula is C13H15NO4. The van der Waals surface area contributed by atoms with Crippen LogP contribution in [0.1, 0.15) is 26.2 Å². The smallest absolute Gasteiger partial charge is 0.319 e. The minimum absolute atomic E-state index is 0.213. The third kappa shape index (κ3) is 1.52. The normalized spacial score (nSPS) is 33.3. The summed E-state index contributed by atoms with van der Waals surface area (Å²) in [6.07, 6.45) is 4.05. The van der Waals surface area contributed by atoms with Crippen LogP contribution in [-0.2, 0) is 9.59 Å². The number of allylic oxidation sites excluding steroid dienone is 2. The van der Waals surface area contributed by atoms with Crippen LogP contribution in [0.5, 0.6) is 0 Å². The van der Waals surface area contributed by atoms with Gasteiger partial charge in [-0.1, -0.05) is 18.6 Å². The van der Waals surface area contributed by atoms with E-state index in [1.165, 1.54) is 5.57 Å². The van der Waals surface area contributed by atoms with Crippen molar-refractivity contribution in [3.8, 4) is 6.07 Å². The predicted molar refractivity (Wildman–Crippen MR) is 61.4 cm³/mol. The van der Waals surface area contributed by atoms with Gasteiger partial charge in [-0.15, -0.1) is 0 Å². The Morgan fingerprint density at radius 3 is 2.61 bits per heavy atom. The highest BCUT2D eigenvalue weighted by Crippen LogP contribution is 2.61. The predicted octanol–water partition coefficient (Wildman–Crippen LogP) is 1.66. The molecule has 1 saturated carbocycles. The second-order valence-electron chi connectivity index (χ2n) is 5.13. The molecule has 0 aliphatic heterocycles. The Bertz CT molecular complexity index is 462. The van der Waals surface area contributed by atoms with Crippen molar-refractivity contribution in [2.45, 2.75) is 26.2 Å². The molecule has 0 aromatic heterocycles. The van der Waals surface area contributed by atoms with E-state index in [1.54, 1.807) is 0 Å². The number of nitriles is 1. The molecule has 1 fully saturated rings. The molecule has 5 nitrogen and oxygen atoms in total. The van der Waals surface area contributed by atoms with Crippen LogP contribution in [0.2, 0.25) is 0 Å². The first kappa shape index (κ1) is 12.6. The molecule has 2 aliphatic rings. The average molecular weight is 249 g/mol. The van der Waals surface area contributed by atoms with Gasteiger partial charge >= 0.3 is 11.9 Å². The van der Waals surface area contributed by atoms with E-state index in [2.05, 4.69) is 0 Å². The summed E-state index contributed by atoms with van der Waals surface area (Å²) in [5.74, 6) is -4.42. The van der Waals surface area contributed by atoms with E-state index in [0.717, 1.165) is 12.8 Å². The minimum Gasteiger partial charge on any atom is -0.481 e. The molecule has 0 amide bonds. The van der Waals surface area contributed by atoms with Gasteiger partial charge in [0.15, 0.2) is 5.92 Å². The summed E-state index contributed by atoms with van der Waals surface area (Å²) in [5, 5.41) is 27.4. The molecule has 0 spiro atoms. The minimum atomic E-state index is -1.63. The Hall–Kier alpha value is -1.83. The van der Waals surface area contributed by atoms with Crippen LogP contribution in [0.25, 0.3) is 0 Å². The summed E-state index contributed by atoms with van der Waals surface area (Å²) in [4.78, 5) is 22.3. The van der Waals surface area contributed by atoms with E-state index in [-0.39, 0.29) is 11.8 Å². The van der Waals surface area contributed by atoms with Gasteiger partial charge < -0.3 is 10.2 Å². The van der Waals surface area contributed by atoms with Crippen molar-refractivity contribution in [1.82, 2.24) is 0 Å². The fourth-order valence-corrected chi connectivity index (χ4v) is 3.40. The van der Waals surface area contributed by atoms with Crippen molar-refractivity contribution < 1.29 is 19.8 Å². The Labute approximate surface area is 105 Å². The largest absolute Gasteiger partial charge is 0.481 e. The third-order valence-corrected chi connectivity index (χ3v) is 4.31.